The quantitative estimate of drug-likeness (QED) is 0.0437. The molecule has 13 heteroatoms. The summed E-state index contributed by atoms with van der Waals surface area (Å²) in [6, 6.07) is 13.0. The molecule has 248 valence electrons. The molecule has 3 aromatic rings. The third-order valence-corrected chi connectivity index (χ3v) is 8.24. The van der Waals surface area contributed by atoms with E-state index in [1.807, 2.05) is 7.05 Å². The van der Waals surface area contributed by atoms with Gasteiger partial charge < -0.3 is 20.5 Å². The fourth-order valence-electron chi connectivity index (χ4n) is 4.74. The standard InChI is InChI=1S/C33H45N7O5S/c1-34-29-18-23-40(24-19-29)22-12-8-6-4-2-3-5-7-9-15-32(41)35-20-21-36-33(42)28-16-17-31(37-25-28)39-38-26-27-13-10-11-14-30(27)46(43,44)45/h10-11,13-14,16-19,23-26H,2-9,12,15,20-22H2,1H3,(H4,35,36,37,39,41,42,43,44,45)/b38-26+. The van der Waals surface area contributed by atoms with Gasteiger partial charge in [0.25, 0.3) is 5.91 Å². The molecule has 2 amide bonds. The minimum Gasteiger partial charge on any atom is -0.744 e. The number of anilines is 2. The zero-order valence-electron chi connectivity index (χ0n) is 26.4. The van der Waals surface area contributed by atoms with Gasteiger partial charge in [-0.05, 0) is 31.0 Å². The minimum absolute atomic E-state index is 0.0131. The van der Waals surface area contributed by atoms with Crippen molar-refractivity contribution in [1.82, 2.24) is 15.6 Å². The van der Waals surface area contributed by atoms with Crippen molar-refractivity contribution in [3.63, 3.8) is 0 Å². The van der Waals surface area contributed by atoms with Gasteiger partial charge in [-0.1, -0.05) is 56.7 Å². The molecule has 0 saturated carbocycles. The average Bonchev–Trinajstić information content (AvgIpc) is 3.06. The second-order valence-corrected chi connectivity index (χ2v) is 12.3. The zero-order valence-corrected chi connectivity index (χ0v) is 27.2. The van der Waals surface area contributed by atoms with Crippen LogP contribution in [0.5, 0.6) is 0 Å². The zero-order chi connectivity index (χ0) is 33.0. The number of hydrogen-bond donors (Lipinski definition) is 4. The summed E-state index contributed by atoms with van der Waals surface area (Å²) in [6.45, 7) is 1.69. The first-order valence-electron chi connectivity index (χ1n) is 15.8. The number of amides is 2. The molecule has 0 aliphatic carbocycles. The molecule has 46 heavy (non-hydrogen) atoms. The van der Waals surface area contributed by atoms with Crippen LogP contribution in [0.3, 0.4) is 0 Å². The Balaban J connectivity index is 1.17. The Hall–Kier alpha value is -4.36. The number of aryl methyl sites for hydroxylation is 1. The van der Waals surface area contributed by atoms with Crippen LogP contribution >= 0.6 is 0 Å². The molecule has 0 radical (unpaired) electrons. The van der Waals surface area contributed by atoms with E-state index >= 15 is 0 Å². The average molecular weight is 652 g/mol. The number of nitrogens with one attached hydrogen (secondary N) is 4. The Morgan fingerprint density at radius 2 is 1.52 bits per heavy atom. The van der Waals surface area contributed by atoms with E-state index in [4.69, 9.17) is 0 Å². The van der Waals surface area contributed by atoms with E-state index in [-0.39, 0.29) is 28.8 Å². The highest BCUT2D eigenvalue weighted by atomic mass is 32.2. The molecule has 12 nitrogen and oxygen atoms in total. The van der Waals surface area contributed by atoms with Crippen molar-refractivity contribution in [2.24, 2.45) is 5.10 Å². The summed E-state index contributed by atoms with van der Waals surface area (Å²) in [5, 5.41) is 12.6. The summed E-state index contributed by atoms with van der Waals surface area (Å²) >= 11 is 0. The topological polar surface area (TPSA) is 169 Å². The van der Waals surface area contributed by atoms with Crippen molar-refractivity contribution < 1.29 is 27.1 Å². The van der Waals surface area contributed by atoms with Gasteiger partial charge in [0.1, 0.15) is 22.5 Å². The second-order valence-electron chi connectivity index (χ2n) is 10.9. The molecule has 2 heterocycles. The van der Waals surface area contributed by atoms with E-state index in [0.29, 0.717) is 24.3 Å². The van der Waals surface area contributed by atoms with E-state index in [1.165, 1.54) is 75.2 Å². The number of rotatable bonds is 21. The summed E-state index contributed by atoms with van der Waals surface area (Å²) in [5.41, 5.74) is 4.23. The largest absolute Gasteiger partial charge is 0.744 e. The van der Waals surface area contributed by atoms with E-state index in [9.17, 15) is 22.6 Å². The maximum absolute atomic E-state index is 12.4. The fourth-order valence-corrected chi connectivity index (χ4v) is 5.39. The van der Waals surface area contributed by atoms with Crippen LogP contribution in [-0.4, -0.2) is 56.1 Å². The predicted molar refractivity (Wildman–Crippen MR) is 178 cm³/mol. The SMILES string of the molecule is CNc1cc[n+](CCCCCCCCCCCC(=O)NCCNC(=O)c2ccc(N/N=C/c3ccccc3S(=O)(=O)[O-])nc2)cc1. The van der Waals surface area contributed by atoms with Crippen LogP contribution in [0.1, 0.15) is 80.1 Å². The van der Waals surface area contributed by atoms with Crippen LogP contribution in [0.2, 0.25) is 0 Å². The van der Waals surface area contributed by atoms with Gasteiger partial charge in [-0.2, -0.15) is 5.10 Å². The van der Waals surface area contributed by atoms with Crippen LogP contribution < -0.4 is 25.9 Å². The molecule has 2 aromatic heterocycles. The van der Waals surface area contributed by atoms with Crippen molar-refractivity contribution in [3.05, 3.63) is 78.2 Å². The number of hydrazone groups is 1. The smallest absolute Gasteiger partial charge is 0.252 e. The van der Waals surface area contributed by atoms with Crippen LogP contribution in [0.4, 0.5) is 11.5 Å². The first kappa shape index (κ1) is 36.1. The number of benzene rings is 1. The van der Waals surface area contributed by atoms with Crippen molar-refractivity contribution >= 4 is 39.7 Å². The number of carbonyl (C=O) groups excluding carboxylic acids is 2. The molecule has 1 aromatic carbocycles. The molecule has 0 bridgehead atoms. The molecule has 4 N–H and O–H groups in total. The highest BCUT2D eigenvalue weighted by Crippen LogP contribution is 2.14. The second kappa shape index (κ2) is 19.9. The highest BCUT2D eigenvalue weighted by molar-refractivity contribution is 7.85. The molecular weight excluding hydrogens is 606 g/mol. The maximum Gasteiger partial charge on any atom is 0.252 e. The lowest BCUT2D eigenvalue weighted by Gasteiger charge is -2.09. The van der Waals surface area contributed by atoms with E-state index in [2.05, 4.69) is 60.6 Å². The molecule has 0 spiro atoms. The van der Waals surface area contributed by atoms with Gasteiger partial charge in [0.05, 0.1) is 16.7 Å². The number of nitrogens with zero attached hydrogens (tertiary/aromatic N) is 3. The third kappa shape index (κ3) is 13.7. The Labute approximate surface area is 271 Å². The molecule has 3 rings (SSSR count). The lowest BCUT2D eigenvalue weighted by Crippen LogP contribution is -2.34. The Morgan fingerprint density at radius 3 is 2.17 bits per heavy atom. The number of aromatic nitrogens is 2. The molecular formula is C33H45N7O5S. The minimum atomic E-state index is -4.63. The summed E-state index contributed by atoms with van der Waals surface area (Å²) in [5.74, 6) is -0.0226. The lowest BCUT2D eigenvalue weighted by molar-refractivity contribution is -0.697. The van der Waals surface area contributed by atoms with Gasteiger partial charge in [-0.3, -0.25) is 15.0 Å². The summed E-state index contributed by atoms with van der Waals surface area (Å²) < 4.78 is 36.3. The lowest BCUT2D eigenvalue weighted by atomic mass is 10.1. The third-order valence-electron chi connectivity index (χ3n) is 7.33. The first-order chi connectivity index (χ1) is 22.3. The van der Waals surface area contributed by atoms with Crippen molar-refractivity contribution in [3.8, 4) is 0 Å². The van der Waals surface area contributed by atoms with E-state index < -0.39 is 10.1 Å². The highest BCUT2D eigenvalue weighted by Gasteiger charge is 2.08. The fraction of sp³-hybridized carbons (Fsp3) is 0.424. The van der Waals surface area contributed by atoms with Gasteiger partial charge in [-0.15, -0.1) is 0 Å². The molecule has 0 unspecified atom stereocenters. The molecule has 0 saturated heterocycles. The molecule has 0 aliphatic heterocycles. The summed E-state index contributed by atoms with van der Waals surface area (Å²) in [4.78, 5) is 28.2. The van der Waals surface area contributed by atoms with E-state index in [0.717, 1.165) is 31.5 Å². The predicted octanol–water partition coefficient (Wildman–Crippen LogP) is 4.21. The normalized spacial score (nSPS) is 11.3. The van der Waals surface area contributed by atoms with Crippen molar-refractivity contribution in [2.45, 2.75) is 75.6 Å². The summed E-state index contributed by atoms with van der Waals surface area (Å²) in [6.07, 6.45) is 17.8. The maximum atomic E-state index is 12.4. The van der Waals surface area contributed by atoms with Crippen LogP contribution in [-0.2, 0) is 21.5 Å². The molecule has 0 fully saturated rings. The van der Waals surface area contributed by atoms with Crippen molar-refractivity contribution in [1.29, 1.82) is 0 Å². The van der Waals surface area contributed by atoms with Gasteiger partial charge >= 0.3 is 0 Å². The van der Waals surface area contributed by atoms with Gasteiger partial charge in [0, 0.05) is 62.6 Å². The molecule has 0 atom stereocenters. The number of hydrogen-bond acceptors (Lipinski definition) is 9. The number of pyridine rings is 2. The number of unbranched alkanes of at least 4 members (excludes halogenated alkanes) is 8. The number of carbonyl (C=O) groups is 2. The van der Waals surface area contributed by atoms with Crippen molar-refractivity contribution in [2.75, 3.05) is 30.9 Å². The van der Waals surface area contributed by atoms with E-state index in [1.54, 1.807) is 12.1 Å². The monoisotopic (exact) mass is 651 g/mol. The van der Waals surface area contributed by atoms with Gasteiger partial charge in [0.2, 0.25) is 5.91 Å². The Kier molecular flexibility index (Phi) is 15.6. The Morgan fingerprint density at radius 1 is 0.870 bits per heavy atom. The van der Waals surface area contributed by atoms with Gasteiger partial charge in [-0.25, -0.2) is 18.0 Å². The first-order valence-corrected chi connectivity index (χ1v) is 17.2. The van der Waals surface area contributed by atoms with Crippen LogP contribution in [0.25, 0.3) is 0 Å². The Bertz CT molecular complexity index is 1500. The molecule has 0 aliphatic rings. The van der Waals surface area contributed by atoms with Gasteiger partial charge in [0.15, 0.2) is 12.4 Å². The summed E-state index contributed by atoms with van der Waals surface area (Å²) in [7, 11) is -2.70. The van der Waals surface area contributed by atoms with Crippen LogP contribution in [0.15, 0.2) is 77.1 Å². The van der Waals surface area contributed by atoms with Crippen LogP contribution in [0, 0.1) is 0 Å².